The lowest BCUT2D eigenvalue weighted by molar-refractivity contribution is -0.122. The van der Waals surface area contributed by atoms with E-state index in [1.807, 2.05) is 42.6 Å². The Morgan fingerprint density at radius 1 is 1.12 bits per heavy atom. The van der Waals surface area contributed by atoms with Gasteiger partial charge < -0.3 is 26.1 Å². The molecule has 1 fully saturated rings. The number of cyclic esters (lactones) is 1. The van der Waals surface area contributed by atoms with Gasteiger partial charge in [-0.15, -0.1) is 0 Å². The Morgan fingerprint density at radius 3 is 2.65 bits per heavy atom. The second-order valence-corrected chi connectivity index (χ2v) is 9.79. The fourth-order valence-electron chi connectivity index (χ4n) is 4.83. The number of rotatable bonds is 9. The van der Waals surface area contributed by atoms with Gasteiger partial charge in [0.1, 0.15) is 12.4 Å². The van der Waals surface area contributed by atoms with Crippen LogP contribution in [-0.2, 0) is 27.3 Å². The van der Waals surface area contributed by atoms with Crippen molar-refractivity contribution in [2.75, 3.05) is 18.1 Å². The number of aromatic nitrogens is 1. The summed E-state index contributed by atoms with van der Waals surface area (Å²) in [5.74, 6) is -0.981. The second kappa shape index (κ2) is 11.6. The summed E-state index contributed by atoms with van der Waals surface area (Å²) in [4.78, 5) is 40.7. The molecule has 3 aromatic carbocycles. The number of halogens is 1. The molecule has 9 nitrogen and oxygen atoms in total. The van der Waals surface area contributed by atoms with Gasteiger partial charge in [0.25, 0.3) is 0 Å². The Hall–Kier alpha value is -4.70. The molecule has 1 aromatic heterocycles. The molecule has 206 valence electrons. The van der Waals surface area contributed by atoms with E-state index in [9.17, 15) is 14.4 Å². The van der Waals surface area contributed by atoms with Crippen LogP contribution in [0.4, 0.5) is 14.9 Å². The van der Waals surface area contributed by atoms with Gasteiger partial charge in [0, 0.05) is 42.7 Å². The summed E-state index contributed by atoms with van der Waals surface area (Å²) in [6.45, 7) is 1.98. The van der Waals surface area contributed by atoms with Gasteiger partial charge in [0.2, 0.25) is 11.8 Å². The van der Waals surface area contributed by atoms with Crippen LogP contribution in [0.5, 0.6) is 0 Å². The predicted molar refractivity (Wildman–Crippen MR) is 150 cm³/mol. The quantitative estimate of drug-likeness (QED) is 0.256. The van der Waals surface area contributed by atoms with Crippen LogP contribution in [0.3, 0.4) is 0 Å². The van der Waals surface area contributed by atoms with Crippen molar-refractivity contribution in [3.05, 3.63) is 89.9 Å². The number of nitrogens with zero attached hydrogens (tertiary/aromatic N) is 1. The molecule has 0 radical (unpaired) electrons. The highest BCUT2D eigenvalue weighted by molar-refractivity contribution is 5.91. The van der Waals surface area contributed by atoms with Gasteiger partial charge in [0.15, 0.2) is 0 Å². The summed E-state index contributed by atoms with van der Waals surface area (Å²) in [6, 6.07) is 18.5. The standard InChI is InChI=1S/C30H30FN5O4/c1-18(37)33-16-23-17-40-30(39)36(23)22-10-11-24(26(31)13-22)20-8-6-19(7-9-20)14-35-29(38)27(32)12-21-15-34-28-5-3-2-4-25(21)28/h2-11,13,15,23,27,34H,12,14,16-17,32H2,1H3,(H,33,37)(H,35,38)/t23-,27+/m0/s1. The first-order valence-electron chi connectivity index (χ1n) is 13.0. The molecule has 1 saturated heterocycles. The van der Waals surface area contributed by atoms with Gasteiger partial charge in [-0.25, -0.2) is 9.18 Å². The van der Waals surface area contributed by atoms with Crippen LogP contribution in [0.15, 0.2) is 72.9 Å². The SMILES string of the molecule is CC(=O)NC[C@H]1COC(=O)N1c1ccc(-c2ccc(CNC(=O)[C@H](N)Cc3c[nH]c4ccccc34)cc2)c(F)c1. The Kier molecular flexibility index (Phi) is 7.79. The number of para-hydroxylation sites is 1. The van der Waals surface area contributed by atoms with Crippen LogP contribution in [-0.4, -0.2) is 48.1 Å². The van der Waals surface area contributed by atoms with Crippen LogP contribution in [0, 0.1) is 5.82 Å². The van der Waals surface area contributed by atoms with Gasteiger partial charge >= 0.3 is 6.09 Å². The molecule has 2 atom stereocenters. The third-order valence-corrected chi connectivity index (χ3v) is 6.96. The zero-order chi connectivity index (χ0) is 28.2. The molecule has 1 aliphatic heterocycles. The van der Waals surface area contributed by atoms with Gasteiger partial charge in [-0.2, -0.15) is 0 Å². The molecule has 0 saturated carbocycles. The minimum absolute atomic E-state index is 0.106. The van der Waals surface area contributed by atoms with Crippen molar-refractivity contribution in [2.45, 2.75) is 32.0 Å². The van der Waals surface area contributed by atoms with E-state index >= 15 is 4.39 Å². The van der Waals surface area contributed by atoms with E-state index in [4.69, 9.17) is 10.5 Å². The minimum Gasteiger partial charge on any atom is -0.447 e. The highest BCUT2D eigenvalue weighted by atomic mass is 19.1. The zero-order valence-corrected chi connectivity index (χ0v) is 21.9. The van der Waals surface area contributed by atoms with Crippen molar-refractivity contribution in [2.24, 2.45) is 5.73 Å². The van der Waals surface area contributed by atoms with Crippen molar-refractivity contribution in [1.82, 2.24) is 15.6 Å². The molecule has 0 aliphatic carbocycles. The van der Waals surface area contributed by atoms with Crippen LogP contribution in [0.2, 0.25) is 0 Å². The number of hydrogen-bond acceptors (Lipinski definition) is 5. The predicted octanol–water partition coefficient (Wildman–Crippen LogP) is 3.62. The average molecular weight is 544 g/mol. The molecule has 10 heteroatoms. The van der Waals surface area contributed by atoms with E-state index in [0.717, 1.165) is 22.0 Å². The summed E-state index contributed by atoms with van der Waals surface area (Å²) in [5, 5.41) is 6.58. The number of benzene rings is 3. The molecule has 5 rings (SSSR count). The summed E-state index contributed by atoms with van der Waals surface area (Å²) < 4.78 is 20.2. The van der Waals surface area contributed by atoms with E-state index in [2.05, 4.69) is 15.6 Å². The maximum atomic E-state index is 15.1. The zero-order valence-electron chi connectivity index (χ0n) is 21.9. The van der Waals surface area contributed by atoms with Crippen molar-refractivity contribution in [3.63, 3.8) is 0 Å². The number of carbonyl (C=O) groups is 3. The van der Waals surface area contributed by atoms with E-state index in [1.54, 1.807) is 24.3 Å². The molecular weight excluding hydrogens is 513 g/mol. The number of nitrogens with two attached hydrogens (primary N) is 1. The number of amides is 3. The van der Waals surface area contributed by atoms with E-state index < -0.39 is 24.0 Å². The highest BCUT2D eigenvalue weighted by Crippen LogP contribution is 2.30. The first-order valence-corrected chi connectivity index (χ1v) is 13.0. The normalized spacial score (nSPS) is 15.6. The van der Waals surface area contributed by atoms with Crippen LogP contribution in [0.1, 0.15) is 18.1 Å². The van der Waals surface area contributed by atoms with Crippen molar-refractivity contribution in [3.8, 4) is 11.1 Å². The Labute approximate surface area is 230 Å². The third-order valence-electron chi connectivity index (χ3n) is 6.96. The lowest BCUT2D eigenvalue weighted by atomic mass is 10.0. The number of ether oxygens (including phenoxy) is 1. The maximum absolute atomic E-state index is 15.1. The van der Waals surface area contributed by atoms with Crippen LogP contribution < -0.4 is 21.3 Å². The fourth-order valence-corrected chi connectivity index (χ4v) is 4.83. The third kappa shape index (κ3) is 5.81. The molecule has 40 heavy (non-hydrogen) atoms. The Bertz CT molecular complexity index is 1550. The van der Waals surface area contributed by atoms with Crippen LogP contribution in [0.25, 0.3) is 22.0 Å². The Morgan fingerprint density at radius 2 is 1.90 bits per heavy atom. The molecule has 1 aliphatic rings. The smallest absolute Gasteiger partial charge is 0.414 e. The number of aromatic amines is 1. The molecule has 5 N–H and O–H groups in total. The summed E-state index contributed by atoms with van der Waals surface area (Å²) >= 11 is 0. The first-order chi connectivity index (χ1) is 19.3. The van der Waals surface area contributed by atoms with E-state index in [-0.39, 0.29) is 31.5 Å². The molecule has 0 bridgehead atoms. The molecule has 4 aromatic rings. The number of carbonyl (C=O) groups excluding carboxylic acids is 3. The number of H-pyrrole nitrogens is 1. The molecule has 3 amide bonds. The lowest BCUT2D eigenvalue weighted by Crippen LogP contribution is -2.42. The van der Waals surface area contributed by atoms with Gasteiger partial charge in [-0.1, -0.05) is 42.5 Å². The van der Waals surface area contributed by atoms with Gasteiger partial charge in [-0.3, -0.25) is 14.5 Å². The van der Waals surface area contributed by atoms with Crippen molar-refractivity contribution in [1.29, 1.82) is 0 Å². The topological polar surface area (TPSA) is 130 Å². The summed E-state index contributed by atoms with van der Waals surface area (Å²) in [6.07, 6.45) is 1.70. The van der Waals surface area contributed by atoms with E-state index in [0.29, 0.717) is 23.2 Å². The van der Waals surface area contributed by atoms with Crippen LogP contribution >= 0.6 is 0 Å². The van der Waals surface area contributed by atoms with Crippen molar-refractivity contribution < 1.29 is 23.5 Å². The van der Waals surface area contributed by atoms with Gasteiger partial charge in [-0.05, 0) is 47.4 Å². The highest BCUT2D eigenvalue weighted by Gasteiger charge is 2.34. The second-order valence-electron chi connectivity index (χ2n) is 9.79. The number of hydrogen-bond donors (Lipinski definition) is 4. The summed E-state index contributed by atoms with van der Waals surface area (Å²) in [5.41, 5.74) is 10.4. The molecule has 2 heterocycles. The maximum Gasteiger partial charge on any atom is 0.414 e. The van der Waals surface area contributed by atoms with Crippen molar-refractivity contribution >= 4 is 34.5 Å². The molecule has 0 unspecified atom stereocenters. The lowest BCUT2D eigenvalue weighted by Gasteiger charge is -2.22. The largest absolute Gasteiger partial charge is 0.447 e. The average Bonchev–Trinajstić information content (AvgIpc) is 3.53. The first kappa shape index (κ1) is 26.9. The fraction of sp³-hybridized carbons (Fsp3) is 0.233. The van der Waals surface area contributed by atoms with E-state index in [1.165, 1.54) is 17.9 Å². The van der Waals surface area contributed by atoms with Gasteiger partial charge in [0.05, 0.1) is 17.8 Å². The number of anilines is 1. The monoisotopic (exact) mass is 543 g/mol. The number of nitrogens with one attached hydrogen (secondary N) is 3. The molecular formula is C30H30FN5O4. The molecule has 0 spiro atoms. The minimum atomic E-state index is -0.697. The summed E-state index contributed by atoms with van der Waals surface area (Å²) in [7, 11) is 0. The Balaban J connectivity index is 1.19. The number of fused-ring (bicyclic) bond motifs is 1.